The molecule has 2 N–H and O–H groups in total. The maximum absolute atomic E-state index is 11.7. The monoisotopic (exact) mass is 323 g/mol. The third-order valence-corrected chi connectivity index (χ3v) is 3.33. The van der Waals surface area contributed by atoms with Crippen LogP contribution in [0.25, 0.3) is 10.9 Å². The first-order valence-electron chi connectivity index (χ1n) is 5.99. The number of aromatic amines is 1. The number of halogens is 1. The van der Waals surface area contributed by atoms with Gasteiger partial charge in [-0.25, -0.2) is 0 Å². The van der Waals surface area contributed by atoms with E-state index in [0.717, 1.165) is 21.2 Å². The summed E-state index contributed by atoms with van der Waals surface area (Å²) in [4.78, 5) is 22.5. The van der Waals surface area contributed by atoms with Crippen molar-refractivity contribution >= 4 is 44.2 Å². The zero-order valence-corrected chi connectivity index (χ0v) is 12.1. The van der Waals surface area contributed by atoms with Gasteiger partial charge < -0.3 is 10.1 Å². The summed E-state index contributed by atoms with van der Waals surface area (Å²) < 4.78 is 0.787. The highest BCUT2D eigenvalue weighted by atomic mass is 79.9. The molecular formula is C13H14BrN3O2. The van der Waals surface area contributed by atoms with E-state index in [9.17, 15) is 9.59 Å². The van der Waals surface area contributed by atoms with Gasteiger partial charge in [0, 0.05) is 23.9 Å². The summed E-state index contributed by atoms with van der Waals surface area (Å²) in [5, 5.41) is 10.6. The summed E-state index contributed by atoms with van der Waals surface area (Å²) in [7, 11) is 0. The van der Waals surface area contributed by atoms with Crippen molar-refractivity contribution in [3.8, 4) is 0 Å². The summed E-state index contributed by atoms with van der Waals surface area (Å²) >= 11 is 3.36. The largest absolute Gasteiger partial charge is 0.326 e. The van der Waals surface area contributed by atoms with Gasteiger partial charge in [0.1, 0.15) is 10.4 Å². The van der Waals surface area contributed by atoms with Crippen LogP contribution in [0.3, 0.4) is 0 Å². The molecule has 0 spiro atoms. The number of hydrogen-bond acceptors (Lipinski definition) is 3. The van der Waals surface area contributed by atoms with E-state index < -0.39 is 0 Å². The van der Waals surface area contributed by atoms with E-state index in [1.807, 2.05) is 12.1 Å². The summed E-state index contributed by atoms with van der Waals surface area (Å²) in [6, 6.07) is 5.49. The van der Waals surface area contributed by atoms with Gasteiger partial charge in [-0.2, -0.15) is 5.10 Å². The van der Waals surface area contributed by atoms with E-state index in [1.165, 1.54) is 6.92 Å². The van der Waals surface area contributed by atoms with Crippen molar-refractivity contribution in [2.24, 2.45) is 0 Å². The molecule has 2 aromatic rings. The van der Waals surface area contributed by atoms with E-state index in [2.05, 4.69) is 31.4 Å². The van der Waals surface area contributed by atoms with E-state index >= 15 is 0 Å². The highest BCUT2D eigenvalue weighted by Gasteiger charge is 2.07. The Morgan fingerprint density at radius 3 is 2.89 bits per heavy atom. The zero-order chi connectivity index (χ0) is 13.8. The summed E-state index contributed by atoms with van der Waals surface area (Å²) in [6.45, 7) is 1.53. The standard InChI is InChI=1S/C13H14BrN3O2/c1-8(18)3-2-4-12(19)15-9-5-6-11-10(7-9)13(14)17-16-11/h5-7H,2-4H2,1H3,(H,15,19)(H,16,17). The fourth-order valence-corrected chi connectivity index (χ4v) is 2.18. The molecule has 0 radical (unpaired) electrons. The minimum Gasteiger partial charge on any atom is -0.326 e. The summed E-state index contributed by atoms with van der Waals surface area (Å²) in [5.41, 5.74) is 1.56. The maximum Gasteiger partial charge on any atom is 0.224 e. The van der Waals surface area contributed by atoms with Gasteiger partial charge in [0.25, 0.3) is 0 Å². The van der Waals surface area contributed by atoms with Crippen LogP contribution in [0.2, 0.25) is 0 Å². The number of benzene rings is 1. The van der Waals surface area contributed by atoms with E-state index in [0.29, 0.717) is 19.3 Å². The van der Waals surface area contributed by atoms with Gasteiger partial charge in [-0.3, -0.25) is 9.89 Å². The Bertz CT molecular complexity index is 621. The highest BCUT2D eigenvalue weighted by Crippen LogP contribution is 2.24. The van der Waals surface area contributed by atoms with Gasteiger partial charge in [-0.05, 0) is 47.5 Å². The van der Waals surface area contributed by atoms with Gasteiger partial charge >= 0.3 is 0 Å². The van der Waals surface area contributed by atoms with Crippen LogP contribution < -0.4 is 5.32 Å². The van der Waals surface area contributed by atoms with Crippen molar-refractivity contribution in [1.82, 2.24) is 10.2 Å². The Morgan fingerprint density at radius 2 is 2.16 bits per heavy atom. The van der Waals surface area contributed by atoms with Crippen LogP contribution >= 0.6 is 15.9 Å². The number of nitrogens with zero attached hydrogens (tertiary/aromatic N) is 1. The Labute approximate surface area is 118 Å². The van der Waals surface area contributed by atoms with Gasteiger partial charge in [-0.15, -0.1) is 0 Å². The first-order valence-corrected chi connectivity index (χ1v) is 6.78. The van der Waals surface area contributed by atoms with Crippen LogP contribution in [0.15, 0.2) is 22.8 Å². The highest BCUT2D eigenvalue weighted by molar-refractivity contribution is 9.10. The lowest BCUT2D eigenvalue weighted by atomic mass is 10.2. The molecule has 0 atom stereocenters. The first-order chi connectivity index (χ1) is 9.06. The Balaban J connectivity index is 1.98. The molecule has 0 fully saturated rings. The number of anilines is 1. The van der Waals surface area contributed by atoms with Crippen LogP contribution in [0.5, 0.6) is 0 Å². The number of fused-ring (bicyclic) bond motifs is 1. The van der Waals surface area contributed by atoms with E-state index in [4.69, 9.17) is 0 Å². The SMILES string of the molecule is CC(=O)CCCC(=O)Nc1ccc2n[nH]c(Br)c2c1. The molecule has 0 aliphatic heterocycles. The molecule has 2 rings (SSSR count). The van der Waals surface area contributed by atoms with Crippen LogP contribution in [-0.2, 0) is 9.59 Å². The third-order valence-electron chi connectivity index (χ3n) is 2.72. The van der Waals surface area contributed by atoms with E-state index in [-0.39, 0.29) is 11.7 Å². The Morgan fingerprint density at radius 1 is 1.37 bits per heavy atom. The van der Waals surface area contributed by atoms with Crippen LogP contribution in [0, 0.1) is 0 Å². The normalized spacial score (nSPS) is 10.6. The molecule has 19 heavy (non-hydrogen) atoms. The number of H-pyrrole nitrogens is 1. The summed E-state index contributed by atoms with van der Waals surface area (Å²) in [6.07, 6.45) is 1.38. The molecule has 0 saturated carbocycles. The molecular weight excluding hydrogens is 310 g/mol. The molecule has 0 saturated heterocycles. The smallest absolute Gasteiger partial charge is 0.224 e. The van der Waals surface area contributed by atoms with Gasteiger partial charge in [0.15, 0.2) is 0 Å². The Kier molecular flexibility index (Phi) is 4.31. The number of ketones is 1. The van der Waals surface area contributed by atoms with E-state index in [1.54, 1.807) is 6.07 Å². The number of aromatic nitrogens is 2. The molecule has 0 unspecified atom stereocenters. The molecule has 0 aliphatic carbocycles. The van der Waals surface area contributed by atoms with Crippen molar-refractivity contribution in [1.29, 1.82) is 0 Å². The number of hydrogen-bond donors (Lipinski definition) is 2. The maximum atomic E-state index is 11.7. The molecule has 1 aromatic carbocycles. The number of amides is 1. The number of Topliss-reactive ketones (excluding diaryl/α,β-unsaturated/α-hetero) is 1. The van der Waals surface area contributed by atoms with Crippen LogP contribution in [-0.4, -0.2) is 21.9 Å². The minimum atomic E-state index is -0.0831. The number of carbonyl (C=O) groups excluding carboxylic acids is 2. The fraction of sp³-hybridized carbons (Fsp3) is 0.308. The second kappa shape index (κ2) is 5.97. The molecule has 5 nitrogen and oxygen atoms in total. The molecule has 0 aliphatic rings. The van der Waals surface area contributed by atoms with Crippen molar-refractivity contribution in [2.45, 2.75) is 26.2 Å². The lowest BCUT2D eigenvalue weighted by molar-refractivity contribution is -0.117. The van der Waals surface area contributed by atoms with Crippen molar-refractivity contribution in [3.05, 3.63) is 22.8 Å². The molecule has 0 bridgehead atoms. The number of carbonyl (C=O) groups is 2. The Hall–Kier alpha value is -1.69. The van der Waals surface area contributed by atoms with Gasteiger partial charge in [0.2, 0.25) is 5.91 Å². The number of rotatable bonds is 5. The molecule has 1 amide bonds. The molecule has 1 heterocycles. The van der Waals surface area contributed by atoms with Gasteiger partial charge in [-0.1, -0.05) is 0 Å². The molecule has 100 valence electrons. The second-order valence-corrected chi connectivity index (χ2v) is 5.17. The lowest BCUT2D eigenvalue weighted by Crippen LogP contribution is -2.11. The van der Waals surface area contributed by atoms with Crippen molar-refractivity contribution in [2.75, 3.05) is 5.32 Å². The van der Waals surface area contributed by atoms with Crippen molar-refractivity contribution in [3.63, 3.8) is 0 Å². The topological polar surface area (TPSA) is 74.8 Å². The predicted molar refractivity (Wildman–Crippen MR) is 77.0 cm³/mol. The van der Waals surface area contributed by atoms with Crippen LogP contribution in [0.4, 0.5) is 5.69 Å². The summed E-state index contributed by atoms with van der Waals surface area (Å²) in [5.74, 6) is 0.0248. The lowest BCUT2D eigenvalue weighted by Gasteiger charge is -2.04. The third kappa shape index (κ3) is 3.64. The molecule has 1 aromatic heterocycles. The average Bonchev–Trinajstić information content (AvgIpc) is 2.70. The van der Waals surface area contributed by atoms with Crippen LogP contribution in [0.1, 0.15) is 26.2 Å². The average molecular weight is 324 g/mol. The first kappa shape index (κ1) is 13.7. The quantitative estimate of drug-likeness (QED) is 0.888. The molecule has 6 heteroatoms. The predicted octanol–water partition coefficient (Wildman–Crippen LogP) is 3.02. The second-order valence-electron chi connectivity index (χ2n) is 4.37. The van der Waals surface area contributed by atoms with Crippen molar-refractivity contribution < 1.29 is 9.59 Å². The fourth-order valence-electron chi connectivity index (χ4n) is 1.78. The number of nitrogens with one attached hydrogen (secondary N) is 2. The zero-order valence-electron chi connectivity index (χ0n) is 10.5. The minimum absolute atomic E-state index is 0.0831. The van der Waals surface area contributed by atoms with Gasteiger partial charge in [0.05, 0.1) is 5.52 Å².